The Morgan fingerprint density at radius 1 is 0.906 bits per heavy atom. The number of ether oxygens (including phenoxy) is 2. The van der Waals surface area contributed by atoms with Gasteiger partial charge in [0.15, 0.2) is 5.11 Å². The molecule has 0 aliphatic heterocycles. The Balaban J connectivity index is 1.38. The van der Waals surface area contributed by atoms with Gasteiger partial charge in [0.2, 0.25) is 0 Å². The van der Waals surface area contributed by atoms with Gasteiger partial charge in [0, 0.05) is 19.0 Å². The molecule has 170 valence electrons. The van der Waals surface area contributed by atoms with Gasteiger partial charge in [-0.05, 0) is 61.7 Å². The number of thiocarbonyl (C=S) groups is 1. The van der Waals surface area contributed by atoms with Crippen LogP contribution in [-0.4, -0.2) is 42.6 Å². The molecule has 0 radical (unpaired) electrons. The Labute approximate surface area is 193 Å². The third kappa shape index (κ3) is 6.43. The van der Waals surface area contributed by atoms with Gasteiger partial charge in [-0.1, -0.05) is 48.5 Å². The fourth-order valence-electron chi connectivity index (χ4n) is 3.57. The van der Waals surface area contributed by atoms with Gasteiger partial charge < -0.3 is 20.1 Å². The number of nitrogens with one attached hydrogen (secondary N) is 3. The number of hydrogen-bond donors (Lipinski definition) is 3. The number of rotatable bonds is 6. The van der Waals surface area contributed by atoms with Crippen LogP contribution in [0.5, 0.6) is 0 Å². The zero-order valence-corrected chi connectivity index (χ0v) is 19.4. The molecular formula is C24H29N3O4S. The largest absolute Gasteiger partial charge is 0.448 e. The van der Waals surface area contributed by atoms with Crippen molar-refractivity contribution >= 4 is 29.5 Å². The topological polar surface area (TPSA) is 88.7 Å². The van der Waals surface area contributed by atoms with E-state index in [2.05, 4.69) is 40.2 Å². The van der Waals surface area contributed by atoms with Gasteiger partial charge in [-0.15, -0.1) is 0 Å². The SMILES string of the molecule is CC(C)(C)OC(=O)NCCCNC(=S)NC(=O)OCC1c2ccccc2-c2ccccc21. The fourth-order valence-corrected chi connectivity index (χ4v) is 3.75. The third-order valence-electron chi connectivity index (χ3n) is 4.87. The Morgan fingerprint density at radius 3 is 2.06 bits per heavy atom. The molecule has 7 nitrogen and oxygen atoms in total. The van der Waals surface area contributed by atoms with E-state index in [1.165, 1.54) is 11.1 Å². The van der Waals surface area contributed by atoms with Crippen molar-refractivity contribution in [2.75, 3.05) is 19.7 Å². The standard InChI is InChI=1S/C24H29N3O4S/c1-24(2,3)31-22(28)26-14-8-13-25-21(32)27-23(29)30-15-20-18-11-6-4-9-16(18)17-10-5-7-12-19(17)20/h4-7,9-12,20H,8,13-15H2,1-3H3,(H,26,28)(H2,25,27,29,32). The zero-order valence-electron chi connectivity index (χ0n) is 18.6. The normalized spacial score (nSPS) is 12.3. The van der Waals surface area contributed by atoms with Crippen molar-refractivity contribution in [3.63, 3.8) is 0 Å². The number of fused-ring (bicyclic) bond motifs is 3. The predicted molar refractivity (Wildman–Crippen MR) is 128 cm³/mol. The van der Waals surface area contributed by atoms with Crippen molar-refractivity contribution in [1.82, 2.24) is 16.0 Å². The van der Waals surface area contributed by atoms with Crippen LogP contribution in [0, 0.1) is 0 Å². The van der Waals surface area contributed by atoms with E-state index >= 15 is 0 Å². The minimum atomic E-state index is -0.601. The molecule has 3 N–H and O–H groups in total. The minimum absolute atomic E-state index is 0.00592. The molecule has 0 aromatic heterocycles. The van der Waals surface area contributed by atoms with Gasteiger partial charge in [0.05, 0.1) is 0 Å². The summed E-state index contributed by atoms with van der Waals surface area (Å²) in [6, 6.07) is 16.3. The van der Waals surface area contributed by atoms with Gasteiger partial charge in [0.1, 0.15) is 12.2 Å². The molecule has 0 saturated carbocycles. The number of hydrogen-bond acceptors (Lipinski definition) is 5. The first kappa shape index (κ1) is 23.5. The first-order valence-corrected chi connectivity index (χ1v) is 11.0. The fraction of sp³-hybridized carbons (Fsp3) is 0.375. The van der Waals surface area contributed by atoms with Gasteiger partial charge in [-0.2, -0.15) is 0 Å². The monoisotopic (exact) mass is 455 g/mol. The maximum Gasteiger partial charge on any atom is 0.413 e. The van der Waals surface area contributed by atoms with E-state index in [1.807, 2.05) is 45.0 Å². The maximum absolute atomic E-state index is 12.2. The van der Waals surface area contributed by atoms with Crippen LogP contribution in [0.15, 0.2) is 48.5 Å². The molecule has 2 amide bonds. The van der Waals surface area contributed by atoms with Crippen LogP contribution >= 0.6 is 12.2 Å². The summed E-state index contributed by atoms with van der Waals surface area (Å²) in [5.41, 5.74) is 4.12. The molecule has 2 aromatic carbocycles. The van der Waals surface area contributed by atoms with Gasteiger partial charge in [-0.3, -0.25) is 5.32 Å². The Kier molecular flexibility index (Phi) is 7.69. The van der Waals surface area contributed by atoms with Crippen LogP contribution in [0.1, 0.15) is 44.2 Å². The van der Waals surface area contributed by atoms with Crippen molar-refractivity contribution in [3.05, 3.63) is 59.7 Å². The highest BCUT2D eigenvalue weighted by atomic mass is 32.1. The van der Waals surface area contributed by atoms with Crippen LogP contribution in [0.3, 0.4) is 0 Å². The molecule has 0 atom stereocenters. The number of carbonyl (C=O) groups excluding carboxylic acids is 2. The quantitative estimate of drug-likeness (QED) is 0.444. The predicted octanol–water partition coefficient (Wildman–Crippen LogP) is 4.31. The second kappa shape index (κ2) is 10.5. The van der Waals surface area contributed by atoms with E-state index in [0.29, 0.717) is 19.5 Å². The van der Waals surface area contributed by atoms with Crippen LogP contribution < -0.4 is 16.0 Å². The van der Waals surface area contributed by atoms with E-state index in [1.54, 1.807) is 0 Å². The summed E-state index contributed by atoms with van der Waals surface area (Å²) < 4.78 is 10.6. The molecule has 3 rings (SSSR count). The number of benzene rings is 2. The summed E-state index contributed by atoms with van der Waals surface area (Å²) in [7, 11) is 0. The first-order valence-electron chi connectivity index (χ1n) is 10.6. The van der Waals surface area contributed by atoms with E-state index in [9.17, 15) is 9.59 Å². The average Bonchev–Trinajstić information content (AvgIpc) is 3.04. The first-order chi connectivity index (χ1) is 15.2. The Hall–Kier alpha value is -3.13. The van der Waals surface area contributed by atoms with Crippen LogP contribution in [0.4, 0.5) is 9.59 Å². The van der Waals surface area contributed by atoms with Crippen LogP contribution in [0.25, 0.3) is 11.1 Å². The van der Waals surface area contributed by atoms with E-state index < -0.39 is 17.8 Å². The molecule has 2 aromatic rings. The maximum atomic E-state index is 12.2. The van der Waals surface area contributed by atoms with Crippen molar-refractivity contribution < 1.29 is 19.1 Å². The lowest BCUT2D eigenvalue weighted by molar-refractivity contribution is 0.0527. The molecule has 32 heavy (non-hydrogen) atoms. The van der Waals surface area contributed by atoms with Crippen molar-refractivity contribution in [2.45, 2.75) is 38.7 Å². The average molecular weight is 456 g/mol. The van der Waals surface area contributed by atoms with Gasteiger partial charge in [-0.25, -0.2) is 9.59 Å². The highest BCUT2D eigenvalue weighted by Gasteiger charge is 2.29. The summed E-state index contributed by atoms with van der Waals surface area (Å²) in [4.78, 5) is 23.8. The highest BCUT2D eigenvalue weighted by Crippen LogP contribution is 2.44. The highest BCUT2D eigenvalue weighted by molar-refractivity contribution is 7.80. The molecule has 0 fully saturated rings. The van der Waals surface area contributed by atoms with Crippen LogP contribution in [0.2, 0.25) is 0 Å². The van der Waals surface area contributed by atoms with E-state index in [0.717, 1.165) is 11.1 Å². The lowest BCUT2D eigenvalue weighted by Gasteiger charge is -2.19. The second-order valence-electron chi connectivity index (χ2n) is 8.49. The lowest BCUT2D eigenvalue weighted by atomic mass is 9.98. The number of amides is 2. The van der Waals surface area contributed by atoms with Crippen molar-refractivity contribution in [3.8, 4) is 11.1 Å². The molecule has 0 saturated heterocycles. The Bertz CT molecular complexity index is 942. The smallest absolute Gasteiger partial charge is 0.413 e. The lowest BCUT2D eigenvalue weighted by Crippen LogP contribution is -2.41. The van der Waals surface area contributed by atoms with E-state index in [4.69, 9.17) is 21.7 Å². The summed E-state index contributed by atoms with van der Waals surface area (Å²) >= 11 is 5.14. The Morgan fingerprint density at radius 2 is 1.47 bits per heavy atom. The molecule has 0 unspecified atom stereocenters. The summed E-state index contributed by atoms with van der Waals surface area (Å²) in [6.07, 6.45) is -0.445. The van der Waals surface area contributed by atoms with Crippen molar-refractivity contribution in [2.24, 2.45) is 0 Å². The van der Waals surface area contributed by atoms with Gasteiger partial charge >= 0.3 is 12.2 Å². The molecule has 8 heteroatoms. The second-order valence-corrected chi connectivity index (χ2v) is 8.90. The molecule has 0 heterocycles. The number of alkyl carbamates (subject to hydrolysis) is 2. The summed E-state index contributed by atoms with van der Waals surface area (Å²) in [5, 5.41) is 8.30. The third-order valence-corrected chi connectivity index (χ3v) is 5.11. The molecule has 1 aliphatic rings. The molecule has 1 aliphatic carbocycles. The molecule has 0 bridgehead atoms. The van der Waals surface area contributed by atoms with E-state index in [-0.39, 0.29) is 17.6 Å². The zero-order chi connectivity index (χ0) is 23.1. The van der Waals surface area contributed by atoms with Crippen molar-refractivity contribution in [1.29, 1.82) is 0 Å². The number of carbonyl (C=O) groups is 2. The summed E-state index contributed by atoms with van der Waals surface area (Å²) in [5.74, 6) is -0.00592. The summed E-state index contributed by atoms with van der Waals surface area (Å²) in [6.45, 7) is 6.56. The van der Waals surface area contributed by atoms with Crippen LogP contribution in [-0.2, 0) is 9.47 Å². The minimum Gasteiger partial charge on any atom is -0.448 e. The van der Waals surface area contributed by atoms with Gasteiger partial charge in [0.25, 0.3) is 0 Å². The molecule has 0 spiro atoms. The molecular weight excluding hydrogens is 426 g/mol.